The van der Waals surface area contributed by atoms with Crippen LogP contribution in [0.1, 0.15) is 40.9 Å². The zero-order valence-corrected chi connectivity index (χ0v) is 12.5. The maximum absolute atomic E-state index is 11.5. The highest BCUT2D eigenvalue weighted by Gasteiger charge is 2.51. The van der Waals surface area contributed by atoms with Crippen LogP contribution in [-0.4, -0.2) is 46.8 Å². The number of carbonyl (C=O) groups is 1. The van der Waals surface area contributed by atoms with E-state index in [1.165, 1.54) is 19.3 Å². The summed E-state index contributed by atoms with van der Waals surface area (Å²) in [4.78, 5) is 18.5. The van der Waals surface area contributed by atoms with E-state index in [0.717, 1.165) is 44.0 Å². The third kappa shape index (κ3) is 2.14. The number of hydrogen-bond acceptors (Lipinski definition) is 5. The normalized spacial score (nSPS) is 30.9. The van der Waals surface area contributed by atoms with Crippen LogP contribution in [0.3, 0.4) is 0 Å². The first-order valence-corrected chi connectivity index (χ1v) is 7.96. The Labute approximate surface area is 129 Å². The lowest BCUT2D eigenvalue weighted by atomic mass is 9.63. The van der Waals surface area contributed by atoms with E-state index in [1.807, 2.05) is 6.07 Å². The number of fused-ring (bicyclic) bond motifs is 1. The largest absolute Gasteiger partial charge is 0.381 e. The van der Waals surface area contributed by atoms with Gasteiger partial charge in [-0.25, -0.2) is 5.48 Å². The summed E-state index contributed by atoms with van der Waals surface area (Å²) < 4.78 is 5.64. The number of aromatic nitrogens is 1. The fourth-order valence-corrected chi connectivity index (χ4v) is 4.22. The minimum absolute atomic E-state index is 0.383. The van der Waals surface area contributed by atoms with Crippen molar-refractivity contribution in [1.82, 2.24) is 15.4 Å². The number of carbonyl (C=O) groups excluding carboxylic acids is 1. The summed E-state index contributed by atoms with van der Waals surface area (Å²) in [5.74, 6) is -0.501. The molecule has 2 atom stereocenters. The van der Waals surface area contributed by atoms with Crippen molar-refractivity contribution in [1.29, 1.82) is 0 Å². The van der Waals surface area contributed by atoms with Crippen molar-refractivity contribution < 1.29 is 14.7 Å². The van der Waals surface area contributed by atoms with Crippen molar-refractivity contribution in [3.8, 4) is 0 Å². The van der Waals surface area contributed by atoms with E-state index >= 15 is 0 Å². The van der Waals surface area contributed by atoms with Gasteiger partial charge >= 0.3 is 0 Å². The zero-order valence-electron chi connectivity index (χ0n) is 12.5. The number of hydroxylamine groups is 1. The van der Waals surface area contributed by atoms with E-state index in [9.17, 15) is 4.79 Å². The van der Waals surface area contributed by atoms with E-state index in [-0.39, 0.29) is 0 Å². The van der Waals surface area contributed by atoms with Crippen LogP contribution in [0.2, 0.25) is 0 Å². The first kappa shape index (κ1) is 14.1. The third-order valence-corrected chi connectivity index (χ3v) is 5.64. The monoisotopic (exact) mass is 303 g/mol. The second-order valence-electron chi connectivity index (χ2n) is 6.71. The quantitative estimate of drug-likeness (QED) is 0.633. The lowest BCUT2D eigenvalue weighted by molar-refractivity contribution is -0.0393. The minimum atomic E-state index is -0.501. The third-order valence-electron chi connectivity index (χ3n) is 5.64. The topological polar surface area (TPSA) is 74.7 Å². The molecule has 2 aliphatic heterocycles. The number of nitrogens with one attached hydrogen (secondary N) is 1. The molecule has 2 N–H and O–H groups in total. The summed E-state index contributed by atoms with van der Waals surface area (Å²) in [5, 5.41) is 8.72. The standard InChI is InChI=1S/C16H21N3O3/c20-15(18-21)12-7-11-2-5-19(9-13(11)17-8-12)14-1-3-16(14)4-6-22-10-16/h7-8,14,21H,1-6,9-10H2,(H,18,20). The number of pyridine rings is 1. The maximum Gasteiger partial charge on any atom is 0.276 e. The molecule has 1 aliphatic carbocycles. The van der Waals surface area contributed by atoms with Gasteiger partial charge in [0.25, 0.3) is 5.91 Å². The summed E-state index contributed by atoms with van der Waals surface area (Å²) in [6.07, 6.45) is 6.17. The molecule has 0 bridgehead atoms. The first-order valence-electron chi connectivity index (χ1n) is 7.96. The van der Waals surface area contributed by atoms with Gasteiger partial charge in [0.1, 0.15) is 0 Å². The minimum Gasteiger partial charge on any atom is -0.381 e. The van der Waals surface area contributed by atoms with Gasteiger partial charge in [-0.1, -0.05) is 0 Å². The Balaban J connectivity index is 1.51. The zero-order chi connectivity index (χ0) is 15.2. The summed E-state index contributed by atoms with van der Waals surface area (Å²) in [5.41, 5.74) is 4.64. The van der Waals surface area contributed by atoms with E-state index in [1.54, 1.807) is 11.7 Å². The molecule has 3 aliphatic rings. The van der Waals surface area contributed by atoms with Crippen LogP contribution in [0, 0.1) is 5.41 Å². The summed E-state index contributed by atoms with van der Waals surface area (Å²) >= 11 is 0. The second kappa shape index (κ2) is 5.30. The van der Waals surface area contributed by atoms with Crippen LogP contribution in [-0.2, 0) is 17.7 Å². The molecule has 118 valence electrons. The van der Waals surface area contributed by atoms with Crippen molar-refractivity contribution >= 4 is 5.91 Å². The molecule has 4 rings (SSSR count). The number of nitrogens with zero attached hydrogens (tertiary/aromatic N) is 2. The van der Waals surface area contributed by atoms with E-state index in [4.69, 9.17) is 9.94 Å². The molecule has 0 aromatic carbocycles. The lowest BCUT2D eigenvalue weighted by Crippen LogP contribution is -2.56. The van der Waals surface area contributed by atoms with Crippen molar-refractivity contribution in [2.45, 2.75) is 38.3 Å². The van der Waals surface area contributed by atoms with Crippen LogP contribution in [0.4, 0.5) is 0 Å². The SMILES string of the molecule is O=C(NO)c1cnc2c(c1)CCN(C1CCC13CCOC3)C2. The van der Waals surface area contributed by atoms with Gasteiger partial charge in [0.05, 0.1) is 17.9 Å². The molecule has 1 aromatic rings. The van der Waals surface area contributed by atoms with Crippen LogP contribution in [0.25, 0.3) is 0 Å². The van der Waals surface area contributed by atoms with E-state index in [2.05, 4.69) is 9.88 Å². The fourth-order valence-electron chi connectivity index (χ4n) is 4.22. The highest BCUT2D eigenvalue weighted by Crippen LogP contribution is 2.50. The van der Waals surface area contributed by atoms with Gasteiger partial charge in [-0.2, -0.15) is 0 Å². The van der Waals surface area contributed by atoms with Crippen molar-refractivity contribution in [3.63, 3.8) is 0 Å². The molecule has 6 heteroatoms. The Hall–Kier alpha value is -1.50. The molecule has 6 nitrogen and oxygen atoms in total. The van der Waals surface area contributed by atoms with Crippen molar-refractivity contribution in [2.75, 3.05) is 19.8 Å². The van der Waals surface area contributed by atoms with Gasteiger partial charge in [0.2, 0.25) is 0 Å². The Kier molecular flexibility index (Phi) is 3.40. The van der Waals surface area contributed by atoms with Crippen LogP contribution >= 0.6 is 0 Å². The number of amides is 1. The molecule has 1 saturated heterocycles. The Morgan fingerprint density at radius 1 is 1.50 bits per heavy atom. The summed E-state index contributed by atoms with van der Waals surface area (Å²) in [6.45, 7) is 3.66. The van der Waals surface area contributed by atoms with Crippen molar-refractivity contribution in [3.05, 3.63) is 29.1 Å². The second-order valence-corrected chi connectivity index (χ2v) is 6.71. The number of hydrogen-bond donors (Lipinski definition) is 2. The molecule has 1 amide bonds. The van der Waals surface area contributed by atoms with E-state index in [0.29, 0.717) is 17.0 Å². The van der Waals surface area contributed by atoms with Gasteiger partial charge in [0, 0.05) is 37.4 Å². The van der Waals surface area contributed by atoms with E-state index < -0.39 is 5.91 Å². The molecule has 3 heterocycles. The fraction of sp³-hybridized carbons (Fsp3) is 0.625. The number of rotatable bonds is 2. The van der Waals surface area contributed by atoms with Gasteiger partial charge in [-0.15, -0.1) is 0 Å². The highest BCUT2D eigenvalue weighted by atomic mass is 16.5. The van der Waals surface area contributed by atoms with Crippen LogP contribution in [0.5, 0.6) is 0 Å². The molecule has 1 saturated carbocycles. The lowest BCUT2D eigenvalue weighted by Gasteiger charge is -2.52. The summed E-state index contributed by atoms with van der Waals surface area (Å²) in [7, 11) is 0. The van der Waals surface area contributed by atoms with Gasteiger partial charge < -0.3 is 4.74 Å². The maximum atomic E-state index is 11.5. The molecule has 1 aromatic heterocycles. The van der Waals surface area contributed by atoms with Gasteiger partial charge in [-0.3, -0.25) is 19.9 Å². The van der Waals surface area contributed by atoms with Crippen LogP contribution < -0.4 is 5.48 Å². The predicted molar refractivity (Wildman–Crippen MR) is 78.5 cm³/mol. The van der Waals surface area contributed by atoms with Gasteiger partial charge in [-0.05, 0) is 37.3 Å². The first-order chi connectivity index (χ1) is 10.7. The summed E-state index contributed by atoms with van der Waals surface area (Å²) in [6, 6.07) is 2.46. The molecule has 1 spiro atoms. The van der Waals surface area contributed by atoms with Crippen LogP contribution in [0.15, 0.2) is 12.3 Å². The molecule has 2 fully saturated rings. The van der Waals surface area contributed by atoms with Gasteiger partial charge in [0.15, 0.2) is 0 Å². The highest BCUT2D eigenvalue weighted by molar-refractivity contribution is 5.93. The molecular formula is C16H21N3O3. The molecule has 0 radical (unpaired) electrons. The molecular weight excluding hydrogens is 282 g/mol. The average molecular weight is 303 g/mol. The predicted octanol–water partition coefficient (Wildman–Crippen LogP) is 1.13. The Morgan fingerprint density at radius 3 is 3.09 bits per heavy atom. The Morgan fingerprint density at radius 2 is 2.41 bits per heavy atom. The smallest absolute Gasteiger partial charge is 0.276 e. The average Bonchev–Trinajstić information content (AvgIpc) is 3.05. The molecule has 2 unspecified atom stereocenters. The van der Waals surface area contributed by atoms with Crippen molar-refractivity contribution in [2.24, 2.45) is 5.41 Å². The Bertz CT molecular complexity index is 598. The number of ether oxygens (including phenoxy) is 1. The molecule has 22 heavy (non-hydrogen) atoms.